The van der Waals surface area contributed by atoms with E-state index in [1.165, 1.54) is 4.31 Å². The molecule has 1 aromatic rings. The zero-order valence-corrected chi connectivity index (χ0v) is 13.3. The van der Waals surface area contributed by atoms with Gasteiger partial charge in [-0.05, 0) is 25.1 Å². The number of nitrogens with zero attached hydrogens (tertiary/aromatic N) is 1. The minimum Gasteiger partial charge on any atom is -0.312 e. The van der Waals surface area contributed by atoms with Crippen molar-refractivity contribution in [3.05, 3.63) is 24.0 Å². The first-order valence-electron chi connectivity index (χ1n) is 6.35. The minimum atomic E-state index is -4.05. The molecule has 1 N–H and O–H groups in total. The molecular formula is C12H17FN2O4S2. The van der Waals surface area contributed by atoms with Crippen LogP contribution in [0.15, 0.2) is 28.0 Å². The normalized spacial score (nSPS) is 21.4. The Balaban J connectivity index is 2.49. The van der Waals surface area contributed by atoms with Crippen molar-refractivity contribution in [3.63, 3.8) is 0 Å². The number of nitrogens with one attached hydrogen (secondary N) is 1. The fourth-order valence-corrected chi connectivity index (χ4v) is 4.51. The first kappa shape index (κ1) is 16.3. The number of halogens is 1. The Morgan fingerprint density at radius 2 is 1.95 bits per heavy atom. The smallest absolute Gasteiger partial charge is 0.246 e. The van der Waals surface area contributed by atoms with Gasteiger partial charge in [-0.25, -0.2) is 21.2 Å². The van der Waals surface area contributed by atoms with E-state index in [0.717, 1.165) is 24.5 Å². The lowest BCUT2D eigenvalue weighted by molar-refractivity contribution is 0.309. The molecule has 0 spiro atoms. The number of hydrogen-bond acceptors (Lipinski definition) is 5. The van der Waals surface area contributed by atoms with Crippen molar-refractivity contribution >= 4 is 19.9 Å². The molecule has 118 valence electrons. The highest BCUT2D eigenvalue weighted by Crippen LogP contribution is 2.23. The van der Waals surface area contributed by atoms with Crippen LogP contribution in [0.2, 0.25) is 0 Å². The summed E-state index contributed by atoms with van der Waals surface area (Å²) in [7, 11) is -7.66. The monoisotopic (exact) mass is 336 g/mol. The lowest BCUT2D eigenvalue weighted by Gasteiger charge is -2.31. The van der Waals surface area contributed by atoms with E-state index < -0.39 is 30.6 Å². The summed E-state index contributed by atoms with van der Waals surface area (Å²) in [6.45, 7) is 2.72. The van der Waals surface area contributed by atoms with Gasteiger partial charge in [0.25, 0.3) is 0 Å². The number of hydrogen-bond donors (Lipinski definition) is 1. The predicted molar refractivity (Wildman–Crippen MR) is 75.7 cm³/mol. The van der Waals surface area contributed by atoms with Gasteiger partial charge in [-0.2, -0.15) is 4.31 Å². The van der Waals surface area contributed by atoms with Gasteiger partial charge in [0, 0.05) is 31.9 Å². The largest absolute Gasteiger partial charge is 0.312 e. The van der Waals surface area contributed by atoms with Gasteiger partial charge in [-0.15, -0.1) is 0 Å². The molecule has 0 radical (unpaired) electrons. The Hall–Kier alpha value is -1.03. The second-order valence-electron chi connectivity index (χ2n) is 5.08. The van der Waals surface area contributed by atoms with E-state index in [0.29, 0.717) is 6.54 Å². The SMILES string of the molecule is C[C@H]1CN(S(=O)(=O)c2cc(S(C)(=O)=O)ccc2F)CCN1. The zero-order valence-electron chi connectivity index (χ0n) is 11.7. The maximum Gasteiger partial charge on any atom is 0.246 e. The molecule has 1 saturated heterocycles. The van der Waals surface area contributed by atoms with Crippen molar-refractivity contribution in [2.75, 3.05) is 25.9 Å². The van der Waals surface area contributed by atoms with Gasteiger partial charge in [0.2, 0.25) is 10.0 Å². The highest BCUT2D eigenvalue weighted by Gasteiger charge is 2.31. The average molecular weight is 336 g/mol. The summed E-state index contributed by atoms with van der Waals surface area (Å²) in [6, 6.07) is 2.76. The zero-order chi connectivity index (χ0) is 15.8. The van der Waals surface area contributed by atoms with Gasteiger partial charge >= 0.3 is 0 Å². The molecule has 0 aliphatic carbocycles. The number of benzene rings is 1. The highest BCUT2D eigenvalue weighted by atomic mass is 32.2. The van der Waals surface area contributed by atoms with E-state index in [4.69, 9.17) is 0 Å². The van der Waals surface area contributed by atoms with E-state index >= 15 is 0 Å². The molecule has 2 rings (SSSR count). The number of sulfone groups is 1. The van der Waals surface area contributed by atoms with Crippen LogP contribution in [-0.4, -0.2) is 53.1 Å². The fourth-order valence-electron chi connectivity index (χ4n) is 2.17. The number of rotatable bonds is 3. The molecule has 1 aliphatic heterocycles. The Kier molecular flexibility index (Phi) is 4.39. The van der Waals surface area contributed by atoms with Gasteiger partial charge in [0.05, 0.1) is 4.90 Å². The molecule has 9 heteroatoms. The lowest BCUT2D eigenvalue weighted by atomic mass is 10.3. The minimum absolute atomic E-state index is 0.0466. The molecular weight excluding hydrogens is 319 g/mol. The second-order valence-corrected chi connectivity index (χ2v) is 9.00. The van der Waals surface area contributed by atoms with Gasteiger partial charge < -0.3 is 5.32 Å². The summed E-state index contributed by atoms with van der Waals surface area (Å²) in [5.41, 5.74) is 0. The van der Waals surface area contributed by atoms with Gasteiger partial charge in [0.1, 0.15) is 10.7 Å². The molecule has 1 aliphatic rings. The van der Waals surface area contributed by atoms with Crippen LogP contribution in [0.25, 0.3) is 0 Å². The summed E-state index contributed by atoms with van der Waals surface area (Å²) >= 11 is 0. The molecule has 1 aromatic carbocycles. The Labute approximate surface area is 123 Å². The van der Waals surface area contributed by atoms with Crippen molar-refractivity contribution < 1.29 is 21.2 Å². The van der Waals surface area contributed by atoms with Crippen molar-refractivity contribution in [2.24, 2.45) is 0 Å². The Morgan fingerprint density at radius 1 is 1.29 bits per heavy atom. The first-order valence-corrected chi connectivity index (χ1v) is 9.68. The van der Waals surface area contributed by atoms with Crippen molar-refractivity contribution in [1.29, 1.82) is 0 Å². The molecule has 0 saturated carbocycles. The Bertz CT molecular complexity index is 747. The van der Waals surface area contributed by atoms with Crippen LogP contribution in [0.3, 0.4) is 0 Å². The van der Waals surface area contributed by atoms with Crippen LogP contribution < -0.4 is 5.32 Å². The molecule has 0 bridgehead atoms. The van der Waals surface area contributed by atoms with Crippen molar-refractivity contribution in [1.82, 2.24) is 9.62 Å². The summed E-state index contributed by atoms with van der Waals surface area (Å²) in [6.07, 6.45) is 0.948. The van der Waals surface area contributed by atoms with Crippen LogP contribution in [0.4, 0.5) is 4.39 Å². The number of sulfonamides is 1. The average Bonchev–Trinajstić information content (AvgIpc) is 2.37. The first-order chi connectivity index (χ1) is 9.62. The van der Waals surface area contributed by atoms with Gasteiger partial charge in [0.15, 0.2) is 9.84 Å². The van der Waals surface area contributed by atoms with Crippen LogP contribution in [0.5, 0.6) is 0 Å². The second kappa shape index (κ2) is 5.64. The summed E-state index contributed by atoms with van der Waals surface area (Å²) in [5, 5.41) is 3.09. The van der Waals surface area contributed by atoms with E-state index in [1.54, 1.807) is 0 Å². The standard InChI is InChI=1S/C12H17FN2O4S2/c1-9-8-15(6-5-14-9)21(18,19)12-7-10(20(2,16)17)3-4-11(12)13/h3-4,7,9,14H,5-6,8H2,1-2H3/t9-/m0/s1. The molecule has 1 fully saturated rings. The third-order valence-corrected chi connectivity index (χ3v) is 6.27. The van der Waals surface area contributed by atoms with Crippen LogP contribution in [-0.2, 0) is 19.9 Å². The molecule has 21 heavy (non-hydrogen) atoms. The number of piperazine rings is 1. The third kappa shape index (κ3) is 3.42. The van der Waals surface area contributed by atoms with E-state index in [1.807, 2.05) is 6.92 Å². The van der Waals surface area contributed by atoms with Gasteiger partial charge in [-0.3, -0.25) is 0 Å². The quantitative estimate of drug-likeness (QED) is 0.798. The molecule has 1 atom stereocenters. The Morgan fingerprint density at radius 3 is 2.52 bits per heavy atom. The van der Waals surface area contributed by atoms with Crippen LogP contribution >= 0.6 is 0 Å². The van der Waals surface area contributed by atoms with E-state index in [9.17, 15) is 21.2 Å². The topological polar surface area (TPSA) is 83.6 Å². The maximum absolute atomic E-state index is 13.9. The van der Waals surface area contributed by atoms with E-state index in [2.05, 4.69) is 5.32 Å². The summed E-state index contributed by atoms with van der Waals surface area (Å²) in [4.78, 5) is -0.815. The van der Waals surface area contributed by atoms with Crippen molar-refractivity contribution in [2.45, 2.75) is 22.8 Å². The predicted octanol–water partition coefficient (Wildman–Crippen LogP) is 0.212. The molecule has 0 aromatic heterocycles. The maximum atomic E-state index is 13.9. The molecule has 0 amide bonds. The third-order valence-electron chi connectivity index (χ3n) is 3.28. The summed E-state index contributed by atoms with van der Waals surface area (Å²) in [5.74, 6) is -0.950. The van der Waals surface area contributed by atoms with Gasteiger partial charge in [-0.1, -0.05) is 0 Å². The fraction of sp³-hybridized carbons (Fsp3) is 0.500. The van der Waals surface area contributed by atoms with Crippen LogP contribution in [0.1, 0.15) is 6.92 Å². The van der Waals surface area contributed by atoms with Crippen molar-refractivity contribution in [3.8, 4) is 0 Å². The lowest BCUT2D eigenvalue weighted by Crippen LogP contribution is -2.51. The molecule has 0 unspecified atom stereocenters. The van der Waals surface area contributed by atoms with E-state index in [-0.39, 0.29) is 24.0 Å². The highest BCUT2D eigenvalue weighted by molar-refractivity contribution is 7.91. The van der Waals surface area contributed by atoms with Crippen LogP contribution in [0, 0.1) is 5.82 Å². The molecule has 6 nitrogen and oxygen atoms in total. The summed E-state index contributed by atoms with van der Waals surface area (Å²) < 4.78 is 63.1. The molecule has 1 heterocycles.